The van der Waals surface area contributed by atoms with Crippen LogP contribution in [-0.4, -0.2) is 24.4 Å². The van der Waals surface area contributed by atoms with E-state index < -0.39 is 0 Å². The van der Waals surface area contributed by atoms with E-state index in [1.165, 1.54) is 0 Å². The van der Waals surface area contributed by atoms with Gasteiger partial charge in [0.2, 0.25) is 0 Å². The summed E-state index contributed by atoms with van der Waals surface area (Å²) >= 11 is 0. The summed E-state index contributed by atoms with van der Waals surface area (Å²) in [4.78, 5) is 0. The van der Waals surface area contributed by atoms with Crippen molar-refractivity contribution in [2.24, 2.45) is 11.8 Å². The molecule has 1 fully saturated rings. The SMILES string of the molecule is C[C@@H]1[C@H](C)[C@@H](COC(C)(C)C)O[C@H]1C. The molecule has 2 nitrogen and oxygen atoms in total. The molecule has 1 rings (SSSR count). The van der Waals surface area contributed by atoms with Crippen LogP contribution in [0.15, 0.2) is 0 Å². The Kier molecular flexibility index (Phi) is 3.59. The molecule has 1 aliphatic heterocycles. The fourth-order valence-electron chi connectivity index (χ4n) is 1.81. The maximum atomic E-state index is 5.86. The molecule has 0 aromatic heterocycles. The van der Waals surface area contributed by atoms with Crippen molar-refractivity contribution in [1.29, 1.82) is 0 Å². The molecule has 84 valence electrons. The predicted molar refractivity (Wildman–Crippen MR) is 58.4 cm³/mol. The van der Waals surface area contributed by atoms with Gasteiger partial charge in [-0.1, -0.05) is 13.8 Å². The summed E-state index contributed by atoms with van der Waals surface area (Å²) in [5.74, 6) is 1.25. The average Bonchev–Trinajstić information content (AvgIpc) is 2.28. The summed E-state index contributed by atoms with van der Waals surface area (Å²) in [7, 11) is 0. The summed E-state index contributed by atoms with van der Waals surface area (Å²) in [6, 6.07) is 0. The molecule has 0 radical (unpaired) electrons. The second-order valence-electron chi connectivity index (χ2n) is 5.52. The molecule has 14 heavy (non-hydrogen) atoms. The molecule has 0 amide bonds. The number of hydrogen-bond acceptors (Lipinski definition) is 2. The van der Waals surface area contributed by atoms with E-state index >= 15 is 0 Å². The van der Waals surface area contributed by atoms with Crippen LogP contribution in [0.2, 0.25) is 0 Å². The van der Waals surface area contributed by atoms with Gasteiger partial charge in [-0.3, -0.25) is 0 Å². The van der Waals surface area contributed by atoms with E-state index in [0.29, 0.717) is 17.9 Å². The third kappa shape index (κ3) is 2.96. The first-order chi connectivity index (χ1) is 6.31. The highest BCUT2D eigenvalue weighted by molar-refractivity contribution is 4.83. The van der Waals surface area contributed by atoms with Crippen LogP contribution in [0.5, 0.6) is 0 Å². The molecule has 4 atom stereocenters. The molecule has 2 heteroatoms. The summed E-state index contributed by atoms with van der Waals surface area (Å²) < 4.78 is 11.6. The number of rotatable bonds is 2. The van der Waals surface area contributed by atoms with Gasteiger partial charge in [0, 0.05) is 0 Å². The second-order valence-corrected chi connectivity index (χ2v) is 5.52. The maximum Gasteiger partial charge on any atom is 0.0841 e. The number of ether oxygens (including phenoxy) is 2. The van der Waals surface area contributed by atoms with E-state index in [4.69, 9.17) is 9.47 Å². The van der Waals surface area contributed by atoms with E-state index in [-0.39, 0.29) is 11.7 Å². The molecule has 1 saturated heterocycles. The van der Waals surface area contributed by atoms with Gasteiger partial charge in [0.15, 0.2) is 0 Å². The molecular formula is C12H24O2. The molecule has 0 aromatic rings. The highest BCUT2D eigenvalue weighted by Crippen LogP contribution is 2.32. The second kappa shape index (κ2) is 4.19. The van der Waals surface area contributed by atoms with Crippen molar-refractivity contribution in [3.63, 3.8) is 0 Å². The van der Waals surface area contributed by atoms with Gasteiger partial charge in [-0.15, -0.1) is 0 Å². The lowest BCUT2D eigenvalue weighted by Gasteiger charge is -2.24. The van der Waals surface area contributed by atoms with Crippen LogP contribution in [-0.2, 0) is 9.47 Å². The first kappa shape index (κ1) is 12.0. The van der Waals surface area contributed by atoms with E-state index in [1.54, 1.807) is 0 Å². The van der Waals surface area contributed by atoms with E-state index in [2.05, 4.69) is 41.5 Å². The van der Waals surface area contributed by atoms with E-state index in [0.717, 1.165) is 6.61 Å². The monoisotopic (exact) mass is 200 g/mol. The van der Waals surface area contributed by atoms with Crippen LogP contribution in [0.1, 0.15) is 41.5 Å². The minimum Gasteiger partial charge on any atom is -0.373 e. The largest absolute Gasteiger partial charge is 0.373 e. The fourth-order valence-corrected chi connectivity index (χ4v) is 1.81. The lowest BCUT2D eigenvalue weighted by atomic mass is 9.91. The van der Waals surface area contributed by atoms with Crippen molar-refractivity contribution in [3.8, 4) is 0 Å². The zero-order valence-corrected chi connectivity index (χ0v) is 10.3. The molecule has 0 spiro atoms. The van der Waals surface area contributed by atoms with Gasteiger partial charge >= 0.3 is 0 Å². The normalized spacial score (nSPS) is 39.0. The van der Waals surface area contributed by atoms with Gasteiger partial charge in [0.1, 0.15) is 0 Å². The van der Waals surface area contributed by atoms with Gasteiger partial charge in [0.05, 0.1) is 24.4 Å². The van der Waals surface area contributed by atoms with Crippen LogP contribution in [0, 0.1) is 11.8 Å². The predicted octanol–water partition coefficient (Wildman–Crippen LogP) is 2.86. The minimum atomic E-state index is -0.0574. The van der Waals surface area contributed by atoms with Crippen molar-refractivity contribution in [2.75, 3.05) is 6.61 Å². The zero-order valence-electron chi connectivity index (χ0n) is 10.3. The van der Waals surface area contributed by atoms with Crippen LogP contribution in [0.3, 0.4) is 0 Å². The number of hydrogen-bond donors (Lipinski definition) is 0. The van der Waals surface area contributed by atoms with Crippen molar-refractivity contribution in [1.82, 2.24) is 0 Å². The van der Waals surface area contributed by atoms with Crippen LogP contribution in [0.25, 0.3) is 0 Å². The molecule has 1 aliphatic rings. The Morgan fingerprint density at radius 1 is 1.07 bits per heavy atom. The lowest BCUT2D eigenvalue weighted by molar-refractivity contribution is -0.0739. The maximum absolute atomic E-state index is 5.86. The first-order valence-corrected chi connectivity index (χ1v) is 5.60. The Morgan fingerprint density at radius 3 is 2.00 bits per heavy atom. The van der Waals surface area contributed by atoms with Gasteiger partial charge in [-0.25, -0.2) is 0 Å². The summed E-state index contributed by atoms with van der Waals surface area (Å²) in [6.45, 7) is 13.6. The third-order valence-corrected chi connectivity index (χ3v) is 3.23. The molecule has 0 unspecified atom stereocenters. The molecule has 0 bridgehead atoms. The van der Waals surface area contributed by atoms with Crippen molar-refractivity contribution in [2.45, 2.75) is 59.4 Å². The standard InChI is InChI=1S/C12H24O2/c1-8-9(2)11(14-10(8)3)7-13-12(4,5)6/h8-11H,7H2,1-6H3/t8-,9+,10+,11-/m1/s1. The molecule has 0 aromatic carbocycles. The van der Waals surface area contributed by atoms with E-state index in [1.807, 2.05) is 0 Å². The van der Waals surface area contributed by atoms with E-state index in [9.17, 15) is 0 Å². The van der Waals surface area contributed by atoms with Crippen LogP contribution >= 0.6 is 0 Å². The summed E-state index contributed by atoms with van der Waals surface area (Å²) in [5, 5.41) is 0. The summed E-state index contributed by atoms with van der Waals surface area (Å²) in [5.41, 5.74) is -0.0574. The van der Waals surface area contributed by atoms with Gasteiger partial charge in [0.25, 0.3) is 0 Å². The average molecular weight is 200 g/mol. The zero-order chi connectivity index (χ0) is 10.9. The first-order valence-electron chi connectivity index (χ1n) is 5.60. The summed E-state index contributed by atoms with van der Waals surface area (Å²) in [6.07, 6.45) is 0.651. The molecule has 0 saturated carbocycles. The Morgan fingerprint density at radius 2 is 1.64 bits per heavy atom. The Bertz CT molecular complexity index is 183. The topological polar surface area (TPSA) is 18.5 Å². The fraction of sp³-hybridized carbons (Fsp3) is 1.00. The Balaban J connectivity index is 2.40. The van der Waals surface area contributed by atoms with Crippen LogP contribution in [0.4, 0.5) is 0 Å². The molecule has 0 N–H and O–H groups in total. The Labute approximate surface area is 88.0 Å². The van der Waals surface area contributed by atoms with Crippen LogP contribution < -0.4 is 0 Å². The minimum absolute atomic E-state index is 0.0574. The molecular weight excluding hydrogens is 176 g/mol. The van der Waals surface area contributed by atoms with Gasteiger partial charge < -0.3 is 9.47 Å². The van der Waals surface area contributed by atoms with Crippen molar-refractivity contribution >= 4 is 0 Å². The molecule has 0 aliphatic carbocycles. The van der Waals surface area contributed by atoms with Gasteiger partial charge in [-0.05, 0) is 39.5 Å². The van der Waals surface area contributed by atoms with Crippen molar-refractivity contribution < 1.29 is 9.47 Å². The Hall–Kier alpha value is -0.0800. The smallest absolute Gasteiger partial charge is 0.0841 e. The quantitative estimate of drug-likeness (QED) is 0.682. The molecule has 1 heterocycles. The highest BCUT2D eigenvalue weighted by atomic mass is 16.6. The lowest BCUT2D eigenvalue weighted by Crippen LogP contribution is -2.29. The van der Waals surface area contributed by atoms with Gasteiger partial charge in [-0.2, -0.15) is 0 Å². The highest BCUT2D eigenvalue weighted by Gasteiger charge is 2.36. The third-order valence-electron chi connectivity index (χ3n) is 3.23. The van der Waals surface area contributed by atoms with Crippen molar-refractivity contribution in [3.05, 3.63) is 0 Å².